The van der Waals surface area contributed by atoms with Crippen molar-refractivity contribution in [2.24, 2.45) is 5.92 Å². The molecule has 2 heterocycles. The fourth-order valence-corrected chi connectivity index (χ4v) is 2.91. The third kappa shape index (κ3) is 2.85. The minimum atomic E-state index is -0.629. The molecule has 5 atom stereocenters. The zero-order valence-electron chi connectivity index (χ0n) is 12.5. The molecule has 0 radical (unpaired) electrons. The Labute approximate surface area is 129 Å². The molecule has 22 heavy (non-hydrogen) atoms. The number of carbonyl (C=O) groups excluding carboxylic acids is 1. The summed E-state index contributed by atoms with van der Waals surface area (Å²) in [6, 6.07) is 9.58. The van der Waals surface area contributed by atoms with E-state index >= 15 is 0 Å². The zero-order chi connectivity index (χ0) is 15.5. The lowest BCUT2D eigenvalue weighted by molar-refractivity contribution is -0.308. The van der Waals surface area contributed by atoms with E-state index in [-0.39, 0.29) is 5.78 Å². The van der Waals surface area contributed by atoms with Crippen molar-refractivity contribution in [1.29, 1.82) is 0 Å². The summed E-state index contributed by atoms with van der Waals surface area (Å²) in [4.78, 5) is 12.7. The Bertz CT molecular complexity index is 529. The highest BCUT2D eigenvalue weighted by Crippen LogP contribution is 2.35. The maximum Gasteiger partial charge on any atom is 0.184 e. The van der Waals surface area contributed by atoms with Crippen LogP contribution in [0.2, 0.25) is 0 Å². The summed E-state index contributed by atoms with van der Waals surface area (Å²) in [6.45, 7) is 4.00. The second-order valence-electron chi connectivity index (χ2n) is 5.44. The first-order valence-electron chi connectivity index (χ1n) is 7.39. The van der Waals surface area contributed by atoms with Crippen LogP contribution < -0.4 is 0 Å². The molecule has 2 aliphatic heterocycles. The third-order valence-electron chi connectivity index (χ3n) is 4.03. The van der Waals surface area contributed by atoms with E-state index in [0.29, 0.717) is 13.0 Å². The lowest BCUT2D eigenvalue weighted by Crippen LogP contribution is -2.57. The lowest BCUT2D eigenvalue weighted by atomic mass is 9.89. The number of ether oxygens (including phenoxy) is 4. The molecule has 5 heteroatoms. The fraction of sp³-hybridized carbons (Fsp3) is 0.471. The SMILES string of the molecule is C=CC[C@@H]1C(=O)[C@@H]2O[C@H](c3ccccc3)OC[C@H]2O[C@@H]1OC. The Hall–Kier alpha value is -1.53. The molecule has 0 saturated carbocycles. The third-order valence-corrected chi connectivity index (χ3v) is 4.03. The summed E-state index contributed by atoms with van der Waals surface area (Å²) < 4.78 is 22.7. The zero-order valence-corrected chi connectivity index (χ0v) is 12.5. The van der Waals surface area contributed by atoms with E-state index < -0.39 is 30.7 Å². The van der Waals surface area contributed by atoms with Crippen molar-refractivity contribution in [2.75, 3.05) is 13.7 Å². The maximum absolute atomic E-state index is 12.7. The number of benzene rings is 1. The first-order valence-corrected chi connectivity index (χ1v) is 7.39. The molecule has 1 aromatic rings. The van der Waals surface area contributed by atoms with Crippen LogP contribution in [0.1, 0.15) is 18.3 Å². The normalized spacial score (nSPS) is 35.0. The number of ketones is 1. The van der Waals surface area contributed by atoms with Crippen molar-refractivity contribution in [3.05, 3.63) is 48.6 Å². The molecule has 1 aromatic carbocycles. The van der Waals surface area contributed by atoms with E-state index in [4.69, 9.17) is 18.9 Å². The number of hydrogen-bond acceptors (Lipinski definition) is 5. The Morgan fingerprint density at radius 2 is 2.09 bits per heavy atom. The van der Waals surface area contributed by atoms with Crippen LogP contribution in [0, 0.1) is 5.92 Å². The molecule has 0 aliphatic carbocycles. The molecule has 0 aromatic heterocycles. The Morgan fingerprint density at radius 3 is 2.77 bits per heavy atom. The van der Waals surface area contributed by atoms with E-state index in [9.17, 15) is 4.79 Å². The summed E-state index contributed by atoms with van der Waals surface area (Å²) in [6.07, 6.45) is 0.0204. The Morgan fingerprint density at radius 1 is 1.32 bits per heavy atom. The van der Waals surface area contributed by atoms with Gasteiger partial charge in [-0.05, 0) is 6.42 Å². The highest BCUT2D eigenvalue weighted by atomic mass is 16.7. The highest BCUT2D eigenvalue weighted by molar-refractivity contribution is 5.87. The van der Waals surface area contributed by atoms with Gasteiger partial charge >= 0.3 is 0 Å². The molecule has 3 rings (SSSR count). The number of methoxy groups -OCH3 is 1. The second-order valence-corrected chi connectivity index (χ2v) is 5.44. The number of hydrogen-bond donors (Lipinski definition) is 0. The summed E-state index contributed by atoms with van der Waals surface area (Å²) in [5, 5.41) is 0. The lowest BCUT2D eigenvalue weighted by Gasteiger charge is -2.43. The number of rotatable bonds is 4. The van der Waals surface area contributed by atoms with Crippen molar-refractivity contribution >= 4 is 5.78 Å². The molecule has 118 valence electrons. The van der Waals surface area contributed by atoms with Crippen molar-refractivity contribution in [3.8, 4) is 0 Å². The van der Waals surface area contributed by atoms with Crippen LogP contribution in [0.15, 0.2) is 43.0 Å². The molecular weight excluding hydrogens is 284 g/mol. The smallest absolute Gasteiger partial charge is 0.184 e. The van der Waals surface area contributed by atoms with Crippen LogP contribution in [0.3, 0.4) is 0 Å². The highest BCUT2D eigenvalue weighted by Gasteiger charge is 2.48. The van der Waals surface area contributed by atoms with E-state index in [2.05, 4.69) is 6.58 Å². The average Bonchev–Trinajstić information content (AvgIpc) is 2.58. The number of Topliss-reactive ketones (excluding diaryl/α,β-unsaturated/α-hetero) is 1. The van der Waals surface area contributed by atoms with Crippen LogP contribution in [0.25, 0.3) is 0 Å². The van der Waals surface area contributed by atoms with E-state index in [1.165, 1.54) is 7.11 Å². The molecule has 0 bridgehead atoms. The van der Waals surface area contributed by atoms with Gasteiger partial charge in [0.05, 0.1) is 12.5 Å². The van der Waals surface area contributed by atoms with Gasteiger partial charge in [0.2, 0.25) is 0 Å². The monoisotopic (exact) mass is 304 g/mol. The molecule has 0 spiro atoms. The standard InChI is InChI=1S/C17H20O5/c1-3-7-12-14(18)15-13(21-17(12)19-2)10-20-16(22-15)11-8-5-4-6-9-11/h3-6,8-9,12-13,15-17H,1,7,10H2,2H3/t12-,13-,15-,16-,17+/m1/s1. The van der Waals surface area contributed by atoms with Crippen LogP contribution in [0.4, 0.5) is 0 Å². The van der Waals surface area contributed by atoms with Crippen molar-refractivity contribution < 1.29 is 23.7 Å². The number of fused-ring (bicyclic) bond motifs is 1. The molecule has 2 saturated heterocycles. The molecule has 0 N–H and O–H groups in total. The van der Waals surface area contributed by atoms with Crippen molar-refractivity contribution in [1.82, 2.24) is 0 Å². The average molecular weight is 304 g/mol. The summed E-state index contributed by atoms with van der Waals surface area (Å²) in [5.74, 6) is -0.398. The summed E-state index contributed by atoms with van der Waals surface area (Å²) >= 11 is 0. The van der Waals surface area contributed by atoms with Gasteiger partial charge in [-0.25, -0.2) is 0 Å². The summed E-state index contributed by atoms with van der Waals surface area (Å²) in [5.41, 5.74) is 0.892. The van der Waals surface area contributed by atoms with E-state index in [1.807, 2.05) is 30.3 Å². The number of allylic oxidation sites excluding steroid dienone is 1. The Balaban J connectivity index is 1.77. The van der Waals surface area contributed by atoms with Gasteiger partial charge < -0.3 is 18.9 Å². The predicted molar refractivity (Wildman–Crippen MR) is 79.0 cm³/mol. The maximum atomic E-state index is 12.7. The molecule has 0 amide bonds. The topological polar surface area (TPSA) is 54.0 Å². The molecule has 5 nitrogen and oxygen atoms in total. The van der Waals surface area contributed by atoms with Crippen LogP contribution >= 0.6 is 0 Å². The van der Waals surface area contributed by atoms with Crippen LogP contribution in [0.5, 0.6) is 0 Å². The van der Waals surface area contributed by atoms with Gasteiger partial charge in [-0.2, -0.15) is 0 Å². The van der Waals surface area contributed by atoms with Gasteiger partial charge in [0.15, 0.2) is 18.4 Å². The van der Waals surface area contributed by atoms with Crippen molar-refractivity contribution in [2.45, 2.75) is 31.2 Å². The van der Waals surface area contributed by atoms with Gasteiger partial charge in [0.25, 0.3) is 0 Å². The van der Waals surface area contributed by atoms with Gasteiger partial charge in [0.1, 0.15) is 12.2 Å². The van der Waals surface area contributed by atoms with E-state index in [1.54, 1.807) is 6.08 Å². The molecule has 2 aliphatic rings. The van der Waals surface area contributed by atoms with Crippen molar-refractivity contribution in [3.63, 3.8) is 0 Å². The predicted octanol–water partition coefficient (Wildman–Crippen LogP) is 2.23. The van der Waals surface area contributed by atoms with E-state index in [0.717, 1.165) is 5.56 Å². The van der Waals surface area contributed by atoms with Gasteiger partial charge in [-0.15, -0.1) is 6.58 Å². The van der Waals surface area contributed by atoms with Crippen LogP contribution in [-0.4, -0.2) is 38.0 Å². The molecule has 2 fully saturated rings. The number of carbonyl (C=O) groups is 1. The van der Waals surface area contributed by atoms with Gasteiger partial charge in [-0.3, -0.25) is 4.79 Å². The molecular formula is C17H20O5. The summed E-state index contributed by atoms with van der Waals surface area (Å²) in [7, 11) is 1.53. The van der Waals surface area contributed by atoms with Gasteiger partial charge in [0, 0.05) is 12.7 Å². The Kier molecular flexibility index (Phi) is 4.69. The first-order chi connectivity index (χ1) is 10.7. The quantitative estimate of drug-likeness (QED) is 0.799. The minimum Gasteiger partial charge on any atom is -0.355 e. The largest absolute Gasteiger partial charge is 0.355 e. The van der Waals surface area contributed by atoms with Crippen LogP contribution in [-0.2, 0) is 23.7 Å². The minimum absolute atomic E-state index is 0.00719. The first kappa shape index (κ1) is 15.4. The van der Waals surface area contributed by atoms with Gasteiger partial charge in [-0.1, -0.05) is 36.4 Å². The molecule has 0 unspecified atom stereocenters. The fourth-order valence-electron chi connectivity index (χ4n) is 2.91. The second kappa shape index (κ2) is 6.71.